The van der Waals surface area contributed by atoms with Gasteiger partial charge in [0.25, 0.3) is 5.69 Å². The maximum atomic E-state index is 10.8. The normalized spacial score (nSPS) is 10.2. The number of ether oxygens (including phenoxy) is 2. The number of halogens is 1. The number of methoxy groups -OCH3 is 1. The van der Waals surface area contributed by atoms with E-state index in [0.29, 0.717) is 22.1 Å². The van der Waals surface area contributed by atoms with Gasteiger partial charge in [0.2, 0.25) is 0 Å². The molecular formula is C14H12ClNO5. The van der Waals surface area contributed by atoms with Crippen LogP contribution < -0.4 is 9.47 Å². The summed E-state index contributed by atoms with van der Waals surface area (Å²) in [5.74, 6) is 0.817. The minimum absolute atomic E-state index is 0.127. The summed E-state index contributed by atoms with van der Waals surface area (Å²) in [6, 6.07) is 8.76. The largest absolute Gasteiger partial charge is 0.493 e. The smallest absolute Gasteiger partial charge is 0.273 e. The molecule has 0 saturated carbocycles. The molecule has 0 aromatic heterocycles. The van der Waals surface area contributed by atoms with Crippen LogP contribution in [0.15, 0.2) is 36.4 Å². The van der Waals surface area contributed by atoms with E-state index >= 15 is 0 Å². The van der Waals surface area contributed by atoms with Gasteiger partial charge in [-0.15, -0.1) is 0 Å². The van der Waals surface area contributed by atoms with Crippen molar-refractivity contribution in [1.29, 1.82) is 0 Å². The van der Waals surface area contributed by atoms with E-state index in [-0.39, 0.29) is 18.0 Å². The van der Waals surface area contributed by atoms with Gasteiger partial charge >= 0.3 is 0 Å². The summed E-state index contributed by atoms with van der Waals surface area (Å²) >= 11 is 5.89. The highest BCUT2D eigenvalue weighted by molar-refractivity contribution is 6.30. The van der Waals surface area contributed by atoms with E-state index < -0.39 is 4.92 Å². The van der Waals surface area contributed by atoms with Gasteiger partial charge in [0.15, 0.2) is 11.5 Å². The van der Waals surface area contributed by atoms with Crippen molar-refractivity contribution >= 4 is 17.3 Å². The molecule has 0 aliphatic carbocycles. The number of non-ortho nitro benzene ring substituents is 1. The van der Waals surface area contributed by atoms with Gasteiger partial charge in [0.1, 0.15) is 5.75 Å². The summed E-state index contributed by atoms with van der Waals surface area (Å²) in [6.07, 6.45) is 0. The molecule has 0 radical (unpaired) electrons. The second kappa shape index (κ2) is 6.43. The fraction of sp³-hybridized carbons (Fsp3) is 0.143. The van der Waals surface area contributed by atoms with Gasteiger partial charge in [-0.05, 0) is 18.2 Å². The molecule has 110 valence electrons. The van der Waals surface area contributed by atoms with Crippen LogP contribution in [0.3, 0.4) is 0 Å². The zero-order valence-electron chi connectivity index (χ0n) is 11.1. The first-order valence-corrected chi connectivity index (χ1v) is 6.32. The standard InChI is InChI=1S/C14H12ClNO5/c1-20-12-5-4-11(16(18)19)7-14(12)21-13-6-10(15)3-2-9(13)8-17/h2-7,17H,8H2,1H3. The lowest BCUT2D eigenvalue weighted by Crippen LogP contribution is -1.96. The predicted molar refractivity (Wildman–Crippen MR) is 77.1 cm³/mol. The number of nitro groups is 1. The number of aliphatic hydroxyl groups is 1. The molecule has 2 aromatic carbocycles. The Labute approximate surface area is 125 Å². The molecular weight excluding hydrogens is 298 g/mol. The van der Waals surface area contributed by atoms with Crippen molar-refractivity contribution in [3.63, 3.8) is 0 Å². The van der Waals surface area contributed by atoms with Gasteiger partial charge < -0.3 is 14.6 Å². The van der Waals surface area contributed by atoms with Crippen LogP contribution in [0.5, 0.6) is 17.2 Å². The first-order chi connectivity index (χ1) is 10.0. The van der Waals surface area contributed by atoms with Crippen molar-refractivity contribution < 1.29 is 19.5 Å². The summed E-state index contributed by atoms with van der Waals surface area (Å²) in [6.45, 7) is -0.246. The van der Waals surface area contributed by atoms with Crippen LogP contribution in [0, 0.1) is 10.1 Å². The lowest BCUT2D eigenvalue weighted by atomic mass is 10.2. The topological polar surface area (TPSA) is 81.8 Å². The van der Waals surface area contributed by atoms with Crippen LogP contribution in [0.25, 0.3) is 0 Å². The van der Waals surface area contributed by atoms with E-state index in [2.05, 4.69) is 0 Å². The molecule has 2 rings (SSSR count). The minimum atomic E-state index is -0.531. The van der Waals surface area contributed by atoms with E-state index in [1.807, 2.05) is 0 Å². The van der Waals surface area contributed by atoms with Crippen LogP contribution in [0.4, 0.5) is 5.69 Å². The lowest BCUT2D eigenvalue weighted by Gasteiger charge is -2.13. The highest BCUT2D eigenvalue weighted by Gasteiger charge is 2.15. The summed E-state index contributed by atoms with van der Waals surface area (Å²) in [5, 5.41) is 20.5. The van der Waals surface area contributed by atoms with Crippen LogP contribution in [-0.4, -0.2) is 17.1 Å². The number of rotatable bonds is 5. The van der Waals surface area contributed by atoms with Crippen LogP contribution >= 0.6 is 11.6 Å². The molecule has 7 heteroatoms. The Hall–Kier alpha value is -2.31. The number of hydrogen-bond donors (Lipinski definition) is 1. The second-order valence-corrected chi connectivity index (χ2v) is 4.54. The van der Waals surface area contributed by atoms with Crippen molar-refractivity contribution in [2.75, 3.05) is 7.11 Å². The minimum Gasteiger partial charge on any atom is -0.493 e. The van der Waals surface area contributed by atoms with Crippen molar-refractivity contribution in [2.24, 2.45) is 0 Å². The average Bonchev–Trinajstić information content (AvgIpc) is 2.47. The van der Waals surface area contributed by atoms with Gasteiger partial charge in [0.05, 0.1) is 24.7 Å². The maximum Gasteiger partial charge on any atom is 0.273 e. The fourth-order valence-corrected chi connectivity index (χ4v) is 1.89. The molecule has 0 aliphatic heterocycles. The van der Waals surface area contributed by atoms with Gasteiger partial charge in [-0.25, -0.2) is 0 Å². The van der Waals surface area contributed by atoms with E-state index in [1.54, 1.807) is 12.1 Å². The molecule has 2 aromatic rings. The number of aliphatic hydroxyl groups excluding tert-OH is 1. The van der Waals surface area contributed by atoms with Crippen LogP contribution in [0.2, 0.25) is 5.02 Å². The van der Waals surface area contributed by atoms with E-state index in [9.17, 15) is 15.2 Å². The zero-order chi connectivity index (χ0) is 15.4. The average molecular weight is 310 g/mol. The summed E-state index contributed by atoms with van der Waals surface area (Å²) in [4.78, 5) is 10.3. The first kappa shape index (κ1) is 15.1. The summed E-state index contributed by atoms with van der Waals surface area (Å²) < 4.78 is 10.7. The molecule has 0 bridgehead atoms. The van der Waals surface area contributed by atoms with Gasteiger partial charge in [-0.2, -0.15) is 0 Å². The maximum absolute atomic E-state index is 10.8. The molecule has 0 saturated heterocycles. The van der Waals surface area contributed by atoms with E-state index in [4.69, 9.17) is 21.1 Å². The Morgan fingerprint density at radius 2 is 1.95 bits per heavy atom. The Balaban J connectivity index is 2.44. The third kappa shape index (κ3) is 3.42. The summed E-state index contributed by atoms with van der Waals surface area (Å²) in [5.41, 5.74) is 0.381. The number of nitro benzene ring substituents is 1. The first-order valence-electron chi connectivity index (χ1n) is 5.94. The molecule has 0 heterocycles. The lowest BCUT2D eigenvalue weighted by molar-refractivity contribution is -0.384. The highest BCUT2D eigenvalue weighted by Crippen LogP contribution is 2.36. The molecule has 0 aliphatic rings. The molecule has 0 atom stereocenters. The highest BCUT2D eigenvalue weighted by atomic mass is 35.5. The number of hydrogen-bond acceptors (Lipinski definition) is 5. The SMILES string of the molecule is COc1ccc([N+](=O)[O-])cc1Oc1cc(Cl)ccc1CO. The van der Waals surface area contributed by atoms with Gasteiger partial charge in [0, 0.05) is 16.7 Å². The third-order valence-corrected chi connectivity index (χ3v) is 3.01. The van der Waals surface area contributed by atoms with Crippen molar-refractivity contribution in [2.45, 2.75) is 6.61 Å². The third-order valence-electron chi connectivity index (χ3n) is 2.78. The molecule has 0 spiro atoms. The Kier molecular flexibility index (Phi) is 4.62. The van der Waals surface area contributed by atoms with Crippen molar-refractivity contribution in [1.82, 2.24) is 0 Å². The molecule has 1 N–H and O–H groups in total. The molecule has 21 heavy (non-hydrogen) atoms. The molecule has 0 unspecified atom stereocenters. The molecule has 0 amide bonds. The van der Waals surface area contributed by atoms with E-state index in [0.717, 1.165) is 0 Å². The second-order valence-electron chi connectivity index (χ2n) is 4.10. The quantitative estimate of drug-likeness (QED) is 0.674. The number of nitrogens with zero attached hydrogens (tertiary/aromatic N) is 1. The predicted octanol–water partition coefficient (Wildman–Crippen LogP) is 3.54. The molecule has 0 fully saturated rings. The van der Waals surface area contributed by atoms with Gasteiger partial charge in [-0.3, -0.25) is 10.1 Å². The Morgan fingerprint density at radius 1 is 1.19 bits per heavy atom. The van der Waals surface area contributed by atoms with Gasteiger partial charge in [-0.1, -0.05) is 17.7 Å². The fourth-order valence-electron chi connectivity index (χ4n) is 1.73. The summed E-state index contributed by atoms with van der Waals surface area (Å²) in [7, 11) is 1.43. The van der Waals surface area contributed by atoms with Crippen molar-refractivity contribution in [3.05, 3.63) is 57.1 Å². The monoisotopic (exact) mass is 309 g/mol. The van der Waals surface area contributed by atoms with E-state index in [1.165, 1.54) is 31.4 Å². The Morgan fingerprint density at radius 3 is 2.57 bits per heavy atom. The number of benzene rings is 2. The Bertz CT molecular complexity index is 674. The van der Waals surface area contributed by atoms with Crippen LogP contribution in [0.1, 0.15) is 5.56 Å². The van der Waals surface area contributed by atoms with Crippen molar-refractivity contribution in [3.8, 4) is 17.2 Å². The molecule has 6 nitrogen and oxygen atoms in total. The zero-order valence-corrected chi connectivity index (χ0v) is 11.8. The van der Waals surface area contributed by atoms with Crippen LogP contribution in [-0.2, 0) is 6.61 Å².